The van der Waals surface area contributed by atoms with Crippen LogP contribution in [0.5, 0.6) is 0 Å². The van der Waals surface area contributed by atoms with Crippen LogP contribution in [0, 0.1) is 5.92 Å². The van der Waals surface area contributed by atoms with E-state index in [2.05, 4.69) is 181 Å². The van der Waals surface area contributed by atoms with Crippen LogP contribution in [0.3, 0.4) is 0 Å². The van der Waals surface area contributed by atoms with Crippen LogP contribution in [0.15, 0.2) is 168 Å². The van der Waals surface area contributed by atoms with Crippen molar-refractivity contribution < 1.29 is 0 Å². The van der Waals surface area contributed by atoms with Crippen LogP contribution in [-0.4, -0.2) is 12.0 Å². The molecular weight excluding hydrogens is 633 g/mol. The fraction of sp³-hybridized carbons (Fsp3) is 0.188. The first-order valence-corrected chi connectivity index (χ1v) is 18.7. The van der Waals surface area contributed by atoms with Gasteiger partial charge < -0.3 is 10.2 Å². The minimum Gasteiger partial charge on any atom is -0.354 e. The standard InChI is InChI=1S/C48H42N4/c1-48(2)40-23-13-11-20-36(40)39-29-30-42-43(44(39)48)38-22-10-9-19-35(38)37-21-12-14-24-41(37)52(42)34-27-25-33(26-28-34)47-50-45(31-15-5-3-6-16-31)49-46(51-47)32-17-7-4-8-18-32/h3-17,19-28,32,45-46,49H,18,29-30H2,1-2H3,(H,50,51). The highest BCUT2D eigenvalue weighted by molar-refractivity contribution is 6.07. The highest BCUT2D eigenvalue weighted by Crippen LogP contribution is 2.59. The van der Waals surface area contributed by atoms with Crippen molar-refractivity contribution in [3.63, 3.8) is 0 Å². The Bertz CT molecular complexity index is 2370. The predicted octanol–water partition coefficient (Wildman–Crippen LogP) is 10.9. The average molecular weight is 675 g/mol. The van der Waals surface area contributed by atoms with Crippen molar-refractivity contribution in [1.29, 1.82) is 0 Å². The van der Waals surface area contributed by atoms with Gasteiger partial charge in [-0.25, -0.2) is 4.99 Å². The van der Waals surface area contributed by atoms with Gasteiger partial charge in [-0.1, -0.05) is 135 Å². The Hall–Kier alpha value is -5.71. The maximum absolute atomic E-state index is 5.25. The first kappa shape index (κ1) is 31.1. The summed E-state index contributed by atoms with van der Waals surface area (Å²) < 4.78 is 0. The quantitative estimate of drug-likeness (QED) is 0.199. The first-order chi connectivity index (χ1) is 25.6. The van der Waals surface area contributed by atoms with E-state index in [-0.39, 0.29) is 17.7 Å². The molecule has 52 heavy (non-hydrogen) atoms. The highest BCUT2D eigenvalue weighted by atomic mass is 15.3. The van der Waals surface area contributed by atoms with Gasteiger partial charge in [-0.3, -0.25) is 5.32 Å². The molecule has 0 spiro atoms. The minimum atomic E-state index is -0.131. The van der Waals surface area contributed by atoms with Crippen molar-refractivity contribution in [2.45, 2.75) is 50.9 Å². The van der Waals surface area contributed by atoms with Gasteiger partial charge in [0.15, 0.2) is 0 Å². The van der Waals surface area contributed by atoms with Crippen LogP contribution in [0.2, 0.25) is 0 Å². The molecule has 0 saturated carbocycles. The van der Waals surface area contributed by atoms with Gasteiger partial charge in [0.2, 0.25) is 0 Å². The van der Waals surface area contributed by atoms with Crippen LogP contribution in [0.1, 0.15) is 67.1 Å². The number of anilines is 2. The maximum atomic E-state index is 5.25. The third kappa shape index (κ3) is 4.89. The molecule has 2 N–H and O–H groups in total. The average Bonchev–Trinajstić information content (AvgIpc) is 3.36. The number of aliphatic imine (C=N–C) groups is 1. The van der Waals surface area contributed by atoms with Crippen molar-refractivity contribution >= 4 is 28.4 Å². The lowest BCUT2D eigenvalue weighted by atomic mass is 9.73. The van der Waals surface area contributed by atoms with Gasteiger partial charge in [0.05, 0.1) is 11.9 Å². The van der Waals surface area contributed by atoms with E-state index in [0.29, 0.717) is 5.92 Å². The number of nitrogens with zero attached hydrogens (tertiary/aromatic N) is 2. The molecule has 10 rings (SSSR count). The van der Waals surface area contributed by atoms with Gasteiger partial charge in [0.1, 0.15) is 12.0 Å². The van der Waals surface area contributed by atoms with E-state index in [1.165, 1.54) is 67.2 Å². The van der Waals surface area contributed by atoms with Crippen molar-refractivity contribution in [1.82, 2.24) is 10.6 Å². The number of amidine groups is 1. The van der Waals surface area contributed by atoms with Crippen molar-refractivity contribution in [2.24, 2.45) is 10.9 Å². The summed E-state index contributed by atoms with van der Waals surface area (Å²) in [5, 5.41) is 7.58. The molecule has 5 aromatic carbocycles. The first-order valence-electron chi connectivity index (χ1n) is 18.7. The van der Waals surface area contributed by atoms with Crippen LogP contribution in [-0.2, 0) is 5.41 Å². The molecule has 3 atom stereocenters. The summed E-state index contributed by atoms with van der Waals surface area (Å²) in [5.74, 6) is 1.26. The van der Waals surface area contributed by atoms with E-state index in [0.717, 1.165) is 30.7 Å². The SMILES string of the molecule is CC1(C)C2=C(CCC3=C2c2ccccc2-c2ccccc2N3c2ccc(C3=NC(c4ccccc4)NC(C4C=CC=CC4)N3)cc2)c2ccccc21. The lowest BCUT2D eigenvalue weighted by Crippen LogP contribution is -2.54. The van der Waals surface area contributed by atoms with E-state index >= 15 is 0 Å². The zero-order valence-corrected chi connectivity index (χ0v) is 29.7. The van der Waals surface area contributed by atoms with Gasteiger partial charge in [0.25, 0.3) is 0 Å². The van der Waals surface area contributed by atoms with Gasteiger partial charge in [-0.2, -0.15) is 0 Å². The van der Waals surface area contributed by atoms with Crippen molar-refractivity contribution in [3.05, 3.63) is 191 Å². The molecule has 0 aromatic heterocycles. The Morgan fingerprint density at radius 1 is 0.692 bits per heavy atom. The van der Waals surface area contributed by atoms with Gasteiger partial charge in [0, 0.05) is 39.4 Å². The van der Waals surface area contributed by atoms with Crippen LogP contribution in [0.25, 0.3) is 22.3 Å². The molecule has 254 valence electrons. The second kappa shape index (κ2) is 12.2. The van der Waals surface area contributed by atoms with Crippen molar-refractivity contribution in [3.8, 4) is 11.1 Å². The Morgan fingerprint density at radius 2 is 1.40 bits per heavy atom. The summed E-state index contributed by atoms with van der Waals surface area (Å²) in [6.45, 7) is 4.85. The molecule has 0 fully saturated rings. The van der Waals surface area contributed by atoms with E-state index in [9.17, 15) is 0 Å². The zero-order valence-electron chi connectivity index (χ0n) is 29.7. The second-order valence-electron chi connectivity index (χ2n) is 15.1. The molecule has 4 nitrogen and oxygen atoms in total. The monoisotopic (exact) mass is 674 g/mol. The molecule has 3 aliphatic carbocycles. The molecule has 0 bridgehead atoms. The Labute approximate surface area is 306 Å². The minimum absolute atomic E-state index is 0.0610. The Morgan fingerprint density at radius 3 is 2.19 bits per heavy atom. The van der Waals surface area contributed by atoms with Gasteiger partial charge >= 0.3 is 0 Å². The Balaban J connectivity index is 1.11. The lowest BCUT2D eigenvalue weighted by molar-refractivity contribution is 0.328. The molecular formula is C48H42N4. The number of rotatable bonds is 4. The largest absolute Gasteiger partial charge is 0.354 e. The molecule has 2 heterocycles. The molecule has 0 saturated heterocycles. The van der Waals surface area contributed by atoms with Crippen LogP contribution in [0.4, 0.5) is 11.4 Å². The van der Waals surface area contributed by atoms with Crippen LogP contribution < -0.4 is 15.5 Å². The molecule has 5 aromatic rings. The fourth-order valence-corrected chi connectivity index (χ4v) is 9.33. The highest BCUT2D eigenvalue weighted by Gasteiger charge is 2.44. The molecule has 4 heteroatoms. The normalized spacial score (nSPS) is 22.4. The third-order valence-corrected chi connectivity index (χ3v) is 11.7. The summed E-state index contributed by atoms with van der Waals surface area (Å²) in [6, 6.07) is 46.8. The number of fused-ring (bicyclic) bond motifs is 7. The Kier molecular flexibility index (Phi) is 7.29. The molecule has 5 aliphatic rings. The topological polar surface area (TPSA) is 39.7 Å². The van der Waals surface area contributed by atoms with Crippen molar-refractivity contribution in [2.75, 3.05) is 4.90 Å². The number of hydrogen-bond acceptors (Lipinski definition) is 4. The second-order valence-corrected chi connectivity index (χ2v) is 15.1. The predicted molar refractivity (Wildman–Crippen MR) is 215 cm³/mol. The van der Waals surface area contributed by atoms with E-state index in [1.54, 1.807) is 0 Å². The van der Waals surface area contributed by atoms with E-state index < -0.39 is 0 Å². The summed E-state index contributed by atoms with van der Waals surface area (Å²) >= 11 is 0. The maximum Gasteiger partial charge on any atom is 0.131 e. The zero-order chi connectivity index (χ0) is 34.8. The smallest absolute Gasteiger partial charge is 0.131 e. The summed E-state index contributed by atoms with van der Waals surface area (Å²) in [4.78, 5) is 7.81. The number of allylic oxidation sites excluding steroid dienone is 7. The molecule has 3 unspecified atom stereocenters. The fourth-order valence-electron chi connectivity index (χ4n) is 9.33. The summed E-state index contributed by atoms with van der Waals surface area (Å²) in [6.07, 6.45) is 11.8. The number of nitrogens with one attached hydrogen (secondary N) is 2. The van der Waals surface area contributed by atoms with Gasteiger partial charge in [-0.05, 0) is 88.6 Å². The van der Waals surface area contributed by atoms with Crippen LogP contribution >= 0.6 is 0 Å². The summed E-state index contributed by atoms with van der Waals surface area (Å²) in [7, 11) is 0. The number of benzene rings is 5. The summed E-state index contributed by atoms with van der Waals surface area (Å²) in [5.41, 5.74) is 17.0. The van der Waals surface area contributed by atoms with E-state index in [4.69, 9.17) is 4.99 Å². The number of para-hydroxylation sites is 1. The lowest BCUT2D eigenvalue weighted by Gasteiger charge is -2.36. The van der Waals surface area contributed by atoms with Gasteiger partial charge in [-0.15, -0.1) is 0 Å². The molecule has 0 amide bonds. The number of hydrogen-bond donors (Lipinski definition) is 2. The molecule has 2 aliphatic heterocycles. The molecule has 0 radical (unpaired) electrons. The third-order valence-electron chi connectivity index (χ3n) is 11.7. The van der Waals surface area contributed by atoms with E-state index in [1.807, 2.05) is 0 Å².